The summed E-state index contributed by atoms with van der Waals surface area (Å²) in [5.41, 5.74) is 0.303. The van der Waals surface area contributed by atoms with Crippen LogP contribution in [0.3, 0.4) is 0 Å². The molecule has 1 aromatic carbocycles. The number of rotatable bonds is 2. The summed E-state index contributed by atoms with van der Waals surface area (Å²) >= 11 is 0. The Morgan fingerprint density at radius 3 is 2.96 bits per heavy atom. The van der Waals surface area contributed by atoms with Gasteiger partial charge in [-0.1, -0.05) is 29.8 Å². The number of anilines is 1. The van der Waals surface area contributed by atoms with Crippen molar-refractivity contribution in [2.45, 2.75) is 43.2 Å². The van der Waals surface area contributed by atoms with Gasteiger partial charge in [-0.3, -0.25) is 9.69 Å². The summed E-state index contributed by atoms with van der Waals surface area (Å²) in [5, 5.41) is 3.63. The van der Waals surface area contributed by atoms with Gasteiger partial charge in [0.2, 0.25) is 0 Å². The quantitative estimate of drug-likeness (QED) is 0.373. The third-order valence-corrected chi connectivity index (χ3v) is 7.99. The van der Waals surface area contributed by atoms with Crippen molar-refractivity contribution in [3.63, 3.8) is 0 Å². The summed E-state index contributed by atoms with van der Waals surface area (Å²) in [7, 11) is 1.38. The van der Waals surface area contributed by atoms with Crippen LogP contribution in [0.2, 0.25) is 0 Å². The highest BCUT2D eigenvalue weighted by molar-refractivity contribution is 5.99. The Labute approximate surface area is 157 Å². The molecule has 4 fully saturated rings. The molecule has 6 heteroatoms. The normalized spacial score (nSPS) is 46.9. The maximum atomic E-state index is 13.4. The standard InChI is InChI=1S/C21H22N2O4/c1-3-12-10-23-16-8-14(12)19(11-24,18(25)26-2)20-9-17(23)27-21(16,20)22-15-7-5-4-6-13(15)20/h3-7,11,14,16-17,22H,8-10H2,1-2H3/b12-3-/t14-,16+,17+,19-,20+,21+/m1/s1. The first-order chi connectivity index (χ1) is 13.1. The number of hydrogen-bond donors (Lipinski definition) is 1. The number of fused-ring (bicyclic) bond motifs is 4. The first-order valence-electron chi connectivity index (χ1n) is 9.60. The lowest BCUT2D eigenvalue weighted by molar-refractivity contribution is -0.182. The molecule has 3 saturated heterocycles. The molecule has 4 bridgehead atoms. The van der Waals surface area contributed by atoms with Crippen molar-refractivity contribution in [2.24, 2.45) is 11.3 Å². The summed E-state index contributed by atoms with van der Waals surface area (Å²) in [6, 6.07) is 8.15. The van der Waals surface area contributed by atoms with E-state index in [0.717, 1.165) is 29.7 Å². The van der Waals surface area contributed by atoms with E-state index in [0.29, 0.717) is 12.8 Å². The first kappa shape index (κ1) is 15.8. The summed E-state index contributed by atoms with van der Waals surface area (Å²) in [6.45, 7) is 2.73. The van der Waals surface area contributed by atoms with Gasteiger partial charge < -0.3 is 19.6 Å². The largest absolute Gasteiger partial charge is 0.468 e. The van der Waals surface area contributed by atoms with Crippen LogP contribution in [0.5, 0.6) is 0 Å². The molecule has 0 amide bonds. The fourth-order valence-electron chi connectivity index (χ4n) is 7.14. The molecule has 1 saturated carbocycles. The lowest BCUT2D eigenvalue weighted by atomic mass is 9.42. The van der Waals surface area contributed by atoms with E-state index in [-0.39, 0.29) is 18.2 Å². The smallest absolute Gasteiger partial charge is 0.320 e. The zero-order valence-corrected chi connectivity index (χ0v) is 15.4. The molecule has 4 aliphatic heterocycles. The number of piperidine rings is 2. The highest BCUT2D eigenvalue weighted by Gasteiger charge is 2.87. The van der Waals surface area contributed by atoms with Crippen molar-refractivity contribution in [3.05, 3.63) is 41.5 Å². The number of esters is 1. The fraction of sp³-hybridized carbons (Fsp3) is 0.524. The SMILES string of the molecule is C/C=C1/CN2[C@@H]3C[C@@]45c6ccccc6N[C@]4(O3)[C@@H]2C[C@H]1[C@]5(C=O)C(=O)OC. The molecule has 27 heavy (non-hydrogen) atoms. The Balaban J connectivity index is 1.75. The first-order valence-corrected chi connectivity index (χ1v) is 9.60. The topological polar surface area (TPSA) is 67.9 Å². The number of nitrogens with zero attached hydrogens (tertiary/aromatic N) is 1. The van der Waals surface area contributed by atoms with Crippen LogP contribution in [0.1, 0.15) is 25.3 Å². The number of hydrogen-bond acceptors (Lipinski definition) is 6. The number of methoxy groups -OCH3 is 1. The second kappa shape index (κ2) is 4.62. The number of allylic oxidation sites excluding steroid dienone is 1. The van der Waals surface area contributed by atoms with Gasteiger partial charge >= 0.3 is 5.97 Å². The summed E-state index contributed by atoms with van der Waals surface area (Å²) in [4.78, 5) is 28.7. The molecule has 0 unspecified atom stereocenters. The number of carbonyl (C=O) groups excluding carboxylic acids is 2. The van der Waals surface area contributed by atoms with E-state index in [9.17, 15) is 9.59 Å². The second-order valence-electron chi connectivity index (χ2n) is 8.41. The van der Waals surface area contributed by atoms with Crippen LogP contribution in [0, 0.1) is 11.3 Å². The molecule has 5 aliphatic rings. The molecule has 140 valence electrons. The number of para-hydroxylation sites is 1. The van der Waals surface area contributed by atoms with Gasteiger partial charge in [-0.05, 0) is 25.0 Å². The summed E-state index contributed by atoms with van der Waals surface area (Å²) in [5.74, 6) is -0.611. The van der Waals surface area contributed by atoms with Crippen LogP contribution in [-0.2, 0) is 24.5 Å². The zero-order valence-electron chi connectivity index (χ0n) is 15.4. The predicted molar refractivity (Wildman–Crippen MR) is 96.8 cm³/mol. The van der Waals surface area contributed by atoms with Crippen LogP contribution in [0.15, 0.2) is 35.9 Å². The molecule has 0 aromatic heterocycles. The van der Waals surface area contributed by atoms with E-state index in [4.69, 9.17) is 9.47 Å². The van der Waals surface area contributed by atoms with Gasteiger partial charge in [0.05, 0.1) is 18.6 Å². The Morgan fingerprint density at radius 1 is 1.41 bits per heavy atom. The van der Waals surface area contributed by atoms with Crippen LogP contribution >= 0.6 is 0 Å². The Hall–Kier alpha value is -2.18. The second-order valence-corrected chi connectivity index (χ2v) is 8.41. The molecular weight excluding hydrogens is 344 g/mol. The van der Waals surface area contributed by atoms with E-state index in [2.05, 4.69) is 16.3 Å². The summed E-state index contributed by atoms with van der Waals surface area (Å²) < 4.78 is 11.9. The van der Waals surface area contributed by atoms with Crippen molar-refractivity contribution >= 4 is 17.9 Å². The van der Waals surface area contributed by atoms with Gasteiger partial charge in [0, 0.05) is 24.6 Å². The monoisotopic (exact) mass is 366 g/mol. The molecule has 0 radical (unpaired) electrons. The predicted octanol–water partition coefficient (Wildman–Crippen LogP) is 1.81. The number of nitrogens with one attached hydrogen (secondary N) is 1. The minimum Gasteiger partial charge on any atom is -0.468 e. The molecule has 1 N–H and O–H groups in total. The third kappa shape index (κ3) is 1.32. The van der Waals surface area contributed by atoms with Crippen LogP contribution in [0.25, 0.3) is 0 Å². The van der Waals surface area contributed by atoms with Crippen molar-refractivity contribution in [2.75, 3.05) is 19.0 Å². The Morgan fingerprint density at radius 2 is 2.22 bits per heavy atom. The lowest BCUT2D eigenvalue weighted by Crippen LogP contribution is -2.78. The molecule has 1 aliphatic carbocycles. The molecule has 6 atom stereocenters. The van der Waals surface area contributed by atoms with E-state index < -0.39 is 22.5 Å². The average molecular weight is 366 g/mol. The number of carbonyl (C=O) groups is 2. The van der Waals surface area contributed by atoms with E-state index in [1.165, 1.54) is 7.11 Å². The van der Waals surface area contributed by atoms with Crippen molar-refractivity contribution in [1.29, 1.82) is 0 Å². The van der Waals surface area contributed by atoms with Gasteiger partial charge in [-0.25, -0.2) is 0 Å². The van der Waals surface area contributed by atoms with Crippen molar-refractivity contribution < 1.29 is 19.1 Å². The summed E-state index contributed by atoms with van der Waals surface area (Å²) in [6.07, 6.45) is 4.18. The number of aldehydes is 1. The minimum absolute atomic E-state index is 0.101. The van der Waals surface area contributed by atoms with Gasteiger partial charge in [-0.15, -0.1) is 0 Å². The minimum atomic E-state index is -1.29. The maximum Gasteiger partial charge on any atom is 0.320 e. The molecule has 6 rings (SSSR count). The molecule has 1 spiro atoms. The Kier molecular flexibility index (Phi) is 2.71. The third-order valence-electron chi connectivity index (χ3n) is 7.99. The molecule has 4 heterocycles. The lowest BCUT2D eigenvalue weighted by Gasteiger charge is -2.63. The van der Waals surface area contributed by atoms with Crippen LogP contribution < -0.4 is 5.32 Å². The van der Waals surface area contributed by atoms with Gasteiger partial charge in [-0.2, -0.15) is 0 Å². The molecule has 6 nitrogen and oxygen atoms in total. The van der Waals surface area contributed by atoms with Crippen molar-refractivity contribution in [1.82, 2.24) is 4.90 Å². The van der Waals surface area contributed by atoms with E-state index >= 15 is 0 Å². The number of ether oxygens (including phenoxy) is 2. The van der Waals surface area contributed by atoms with E-state index in [1.807, 2.05) is 31.2 Å². The fourth-order valence-corrected chi connectivity index (χ4v) is 7.14. The highest BCUT2D eigenvalue weighted by atomic mass is 16.6. The molecule has 1 aromatic rings. The molecular formula is C21H22N2O4. The van der Waals surface area contributed by atoms with Crippen LogP contribution in [0.4, 0.5) is 5.69 Å². The van der Waals surface area contributed by atoms with Gasteiger partial charge in [0.25, 0.3) is 0 Å². The highest BCUT2D eigenvalue weighted by Crippen LogP contribution is 2.75. The van der Waals surface area contributed by atoms with Crippen LogP contribution in [-0.4, -0.2) is 48.8 Å². The Bertz CT molecular complexity index is 929. The number of benzene rings is 1. The zero-order chi connectivity index (χ0) is 18.6. The van der Waals surface area contributed by atoms with Gasteiger partial charge in [0.15, 0.2) is 5.72 Å². The average Bonchev–Trinajstić information content (AvgIpc) is 3.30. The maximum absolute atomic E-state index is 13.4. The van der Waals surface area contributed by atoms with E-state index in [1.54, 1.807) is 0 Å². The van der Waals surface area contributed by atoms with Crippen molar-refractivity contribution in [3.8, 4) is 0 Å². The van der Waals surface area contributed by atoms with Gasteiger partial charge in [0.1, 0.15) is 17.9 Å².